The summed E-state index contributed by atoms with van der Waals surface area (Å²) in [5, 5.41) is 0. The zero-order chi connectivity index (χ0) is 10.8. The first kappa shape index (κ1) is 13.2. The Morgan fingerprint density at radius 2 is 2.07 bits per heavy atom. The molecule has 0 radical (unpaired) electrons. The Kier molecular flexibility index (Phi) is 8.30. The van der Waals surface area contributed by atoms with Gasteiger partial charge in [-0.2, -0.15) is 0 Å². The maximum absolute atomic E-state index is 10.9. The molecule has 0 fully saturated rings. The molecule has 82 valence electrons. The summed E-state index contributed by atoms with van der Waals surface area (Å²) < 4.78 is 4.82. The fourth-order valence-corrected chi connectivity index (χ4v) is 1.05. The molecule has 2 heteroatoms. The van der Waals surface area contributed by atoms with Crippen LogP contribution in [0, 0.1) is 5.92 Å². The van der Waals surface area contributed by atoms with E-state index in [4.69, 9.17) is 4.74 Å². The molecule has 0 bridgehead atoms. The number of allylic oxidation sites excluding steroid dienone is 2. The summed E-state index contributed by atoms with van der Waals surface area (Å²) in [4.78, 5) is 10.9. The van der Waals surface area contributed by atoms with Gasteiger partial charge in [0.2, 0.25) is 0 Å². The van der Waals surface area contributed by atoms with E-state index in [1.54, 1.807) is 0 Å². The molecule has 0 aromatic carbocycles. The molecular weight excluding hydrogens is 176 g/mol. The Bertz CT molecular complexity index is 173. The molecule has 0 N–H and O–H groups in total. The van der Waals surface area contributed by atoms with E-state index in [0.717, 1.165) is 18.8 Å². The van der Waals surface area contributed by atoms with E-state index in [-0.39, 0.29) is 5.97 Å². The lowest BCUT2D eigenvalue weighted by Crippen LogP contribution is -2.02. The van der Waals surface area contributed by atoms with Gasteiger partial charge in [-0.25, -0.2) is 0 Å². The summed E-state index contributed by atoms with van der Waals surface area (Å²) in [5.41, 5.74) is 0. The molecule has 0 aromatic rings. The SMILES string of the molecule is CCOC(=O)CC/C=C/C[C@@H](C)CC. The first-order valence-electron chi connectivity index (χ1n) is 5.51. The van der Waals surface area contributed by atoms with Crippen molar-refractivity contribution < 1.29 is 9.53 Å². The normalized spacial score (nSPS) is 13.1. The largest absolute Gasteiger partial charge is 0.466 e. The van der Waals surface area contributed by atoms with Gasteiger partial charge in [-0.15, -0.1) is 0 Å². The van der Waals surface area contributed by atoms with Gasteiger partial charge in [-0.3, -0.25) is 4.79 Å². The molecule has 0 aliphatic rings. The van der Waals surface area contributed by atoms with Gasteiger partial charge >= 0.3 is 5.97 Å². The molecular formula is C12H22O2. The zero-order valence-electron chi connectivity index (χ0n) is 9.58. The molecule has 0 saturated heterocycles. The van der Waals surface area contributed by atoms with Crippen LogP contribution in [0.2, 0.25) is 0 Å². The molecule has 0 saturated carbocycles. The Labute approximate surface area is 87.3 Å². The van der Waals surface area contributed by atoms with Crippen molar-refractivity contribution in [2.24, 2.45) is 5.92 Å². The summed E-state index contributed by atoms with van der Waals surface area (Å²) in [6.07, 6.45) is 7.86. The van der Waals surface area contributed by atoms with Crippen LogP contribution in [0.1, 0.15) is 46.5 Å². The molecule has 1 atom stereocenters. The van der Waals surface area contributed by atoms with Crippen LogP contribution in [-0.2, 0) is 9.53 Å². The van der Waals surface area contributed by atoms with Crippen LogP contribution in [0.3, 0.4) is 0 Å². The smallest absolute Gasteiger partial charge is 0.306 e. The first-order valence-corrected chi connectivity index (χ1v) is 5.51. The Hall–Kier alpha value is -0.790. The Morgan fingerprint density at radius 1 is 1.36 bits per heavy atom. The molecule has 14 heavy (non-hydrogen) atoms. The minimum Gasteiger partial charge on any atom is -0.466 e. The minimum absolute atomic E-state index is 0.0966. The van der Waals surface area contributed by atoms with Crippen LogP contribution < -0.4 is 0 Å². The fourth-order valence-electron chi connectivity index (χ4n) is 1.05. The third kappa shape index (κ3) is 7.84. The topological polar surface area (TPSA) is 26.3 Å². The number of rotatable bonds is 7. The number of ether oxygens (including phenoxy) is 1. The Morgan fingerprint density at radius 3 is 2.64 bits per heavy atom. The van der Waals surface area contributed by atoms with E-state index in [2.05, 4.69) is 26.0 Å². The summed E-state index contributed by atoms with van der Waals surface area (Å²) in [6, 6.07) is 0. The highest BCUT2D eigenvalue weighted by atomic mass is 16.5. The number of hydrogen-bond donors (Lipinski definition) is 0. The zero-order valence-corrected chi connectivity index (χ0v) is 9.58. The molecule has 0 heterocycles. The minimum atomic E-state index is -0.0966. The Balaban J connectivity index is 3.39. The molecule has 0 aromatic heterocycles. The lowest BCUT2D eigenvalue weighted by atomic mass is 10.0. The summed E-state index contributed by atoms with van der Waals surface area (Å²) in [7, 11) is 0. The van der Waals surface area contributed by atoms with Crippen molar-refractivity contribution in [2.75, 3.05) is 6.61 Å². The highest BCUT2D eigenvalue weighted by Crippen LogP contribution is 2.07. The van der Waals surface area contributed by atoms with E-state index in [0.29, 0.717) is 13.0 Å². The van der Waals surface area contributed by atoms with Crippen LogP contribution in [0.15, 0.2) is 12.2 Å². The highest BCUT2D eigenvalue weighted by molar-refractivity contribution is 5.69. The van der Waals surface area contributed by atoms with E-state index >= 15 is 0 Å². The average Bonchev–Trinajstić information content (AvgIpc) is 2.17. The van der Waals surface area contributed by atoms with Gasteiger partial charge in [0.25, 0.3) is 0 Å². The van der Waals surface area contributed by atoms with Crippen molar-refractivity contribution in [2.45, 2.75) is 46.5 Å². The number of hydrogen-bond acceptors (Lipinski definition) is 2. The average molecular weight is 198 g/mol. The van der Waals surface area contributed by atoms with Gasteiger partial charge < -0.3 is 4.74 Å². The molecule has 0 amide bonds. The molecule has 2 nitrogen and oxygen atoms in total. The van der Waals surface area contributed by atoms with Gasteiger partial charge in [0, 0.05) is 6.42 Å². The monoisotopic (exact) mass is 198 g/mol. The van der Waals surface area contributed by atoms with Crippen molar-refractivity contribution in [3.63, 3.8) is 0 Å². The van der Waals surface area contributed by atoms with E-state index in [1.807, 2.05) is 6.92 Å². The van der Waals surface area contributed by atoms with Crippen LogP contribution in [-0.4, -0.2) is 12.6 Å². The van der Waals surface area contributed by atoms with Crippen molar-refractivity contribution in [3.8, 4) is 0 Å². The quantitative estimate of drug-likeness (QED) is 0.463. The second-order valence-corrected chi connectivity index (χ2v) is 3.56. The van der Waals surface area contributed by atoms with Crippen molar-refractivity contribution >= 4 is 5.97 Å². The second kappa shape index (κ2) is 8.79. The maximum atomic E-state index is 10.9. The van der Waals surface area contributed by atoms with Gasteiger partial charge in [-0.1, -0.05) is 32.4 Å². The van der Waals surface area contributed by atoms with E-state index in [9.17, 15) is 4.79 Å². The number of esters is 1. The third-order valence-electron chi connectivity index (χ3n) is 2.22. The standard InChI is InChI=1S/C12H22O2/c1-4-11(3)9-7-6-8-10-12(13)14-5-2/h6-7,11H,4-5,8-10H2,1-3H3/b7-6+/t11-/m0/s1. The maximum Gasteiger partial charge on any atom is 0.306 e. The molecule has 0 aliphatic carbocycles. The van der Waals surface area contributed by atoms with E-state index in [1.165, 1.54) is 6.42 Å². The highest BCUT2D eigenvalue weighted by Gasteiger charge is 1.98. The van der Waals surface area contributed by atoms with E-state index < -0.39 is 0 Å². The fraction of sp³-hybridized carbons (Fsp3) is 0.750. The van der Waals surface area contributed by atoms with Crippen LogP contribution in [0.4, 0.5) is 0 Å². The van der Waals surface area contributed by atoms with Gasteiger partial charge in [0.1, 0.15) is 0 Å². The molecule has 0 aliphatic heterocycles. The molecule has 0 spiro atoms. The summed E-state index contributed by atoms with van der Waals surface area (Å²) in [6.45, 7) is 6.74. The number of carbonyl (C=O) groups is 1. The van der Waals surface area contributed by atoms with Gasteiger partial charge in [-0.05, 0) is 25.7 Å². The predicted octanol–water partition coefficient (Wildman–Crippen LogP) is 3.32. The molecule has 0 unspecified atom stereocenters. The third-order valence-corrected chi connectivity index (χ3v) is 2.22. The summed E-state index contributed by atoms with van der Waals surface area (Å²) >= 11 is 0. The van der Waals surface area contributed by atoms with Crippen LogP contribution >= 0.6 is 0 Å². The second-order valence-electron chi connectivity index (χ2n) is 3.56. The molecule has 0 rings (SSSR count). The van der Waals surface area contributed by atoms with Gasteiger partial charge in [0.15, 0.2) is 0 Å². The predicted molar refractivity (Wildman–Crippen MR) is 59.1 cm³/mol. The van der Waals surface area contributed by atoms with Gasteiger partial charge in [0.05, 0.1) is 6.61 Å². The summed E-state index contributed by atoms with van der Waals surface area (Å²) in [5.74, 6) is 0.648. The first-order chi connectivity index (χ1) is 6.70. The van der Waals surface area contributed by atoms with Crippen molar-refractivity contribution in [3.05, 3.63) is 12.2 Å². The lowest BCUT2D eigenvalue weighted by molar-refractivity contribution is -0.142. The van der Waals surface area contributed by atoms with Crippen molar-refractivity contribution in [1.29, 1.82) is 0 Å². The van der Waals surface area contributed by atoms with Crippen molar-refractivity contribution in [1.82, 2.24) is 0 Å². The van der Waals surface area contributed by atoms with Crippen LogP contribution in [0.5, 0.6) is 0 Å². The van der Waals surface area contributed by atoms with Crippen LogP contribution in [0.25, 0.3) is 0 Å². The number of carbonyl (C=O) groups excluding carboxylic acids is 1. The lowest BCUT2D eigenvalue weighted by Gasteiger charge is -2.02.